The molecule has 3 heterocycles. The number of carbonyl (C=O) groups excluding carboxylic acids is 1. The van der Waals surface area contributed by atoms with Crippen LogP contribution in [0.15, 0.2) is 24.3 Å². The number of hydrogen-bond acceptors (Lipinski definition) is 4. The van der Waals surface area contributed by atoms with Gasteiger partial charge in [-0.1, -0.05) is 18.2 Å². The third kappa shape index (κ3) is 3.18. The van der Waals surface area contributed by atoms with Crippen molar-refractivity contribution >= 4 is 6.03 Å². The molecule has 0 fully saturated rings. The van der Waals surface area contributed by atoms with Gasteiger partial charge in [0.25, 0.3) is 0 Å². The topological polar surface area (TPSA) is 81.1 Å². The SMILES string of the molecule is C[C@@H](NC(=O)NCCc1nnc2n1CCC2)[C@@H]1COc2ccccc21. The number of para-hydroxylation sites is 1. The van der Waals surface area contributed by atoms with Crippen LogP contribution in [0.4, 0.5) is 4.79 Å². The Balaban J connectivity index is 1.26. The average Bonchev–Trinajstić information content (AvgIpc) is 3.30. The molecule has 0 spiro atoms. The molecule has 2 aliphatic rings. The van der Waals surface area contributed by atoms with Crippen LogP contribution in [0.3, 0.4) is 0 Å². The van der Waals surface area contributed by atoms with E-state index in [0.717, 1.165) is 42.3 Å². The number of benzene rings is 1. The highest BCUT2D eigenvalue weighted by atomic mass is 16.5. The summed E-state index contributed by atoms with van der Waals surface area (Å²) in [5, 5.41) is 14.3. The Morgan fingerprint density at radius 2 is 2.28 bits per heavy atom. The molecule has 0 saturated heterocycles. The van der Waals surface area contributed by atoms with Crippen LogP contribution >= 0.6 is 0 Å². The Bertz CT molecular complexity index is 773. The van der Waals surface area contributed by atoms with Gasteiger partial charge in [-0.3, -0.25) is 0 Å². The van der Waals surface area contributed by atoms with Crippen molar-refractivity contribution < 1.29 is 9.53 Å². The first-order valence-corrected chi connectivity index (χ1v) is 8.89. The van der Waals surface area contributed by atoms with E-state index in [1.54, 1.807) is 0 Å². The van der Waals surface area contributed by atoms with Gasteiger partial charge in [-0.15, -0.1) is 10.2 Å². The van der Waals surface area contributed by atoms with Crippen molar-refractivity contribution in [3.8, 4) is 5.75 Å². The molecule has 1 aromatic carbocycles. The first kappa shape index (κ1) is 15.9. The summed E-state index contributed by atoms with van der Waals surface area (Å²) >= 11 is 0. The lowest BCUT2D eigenvalue weighted by Gasteiger charge is -2.20. The lowest BCUT2D eigenvalue weighted by molar-refractivity contribution is 0.233. The molecule has 0 bridgehead atoms. The molecule has 2 amide bonds. The van der Waals surface area contributed by atoms with Crippen LogP contribution in [0, 0.1) is 0 Å². The fourth-order valence-corrected chi connectivity index (χ4v) is 3.64. The summed E-state index contributed by atoms with van der Waals surface area (Å²) in [4.78, 5) is 12.2. The Morgan fingerprint density at radius 3 is 3.20 bits per heavy atom. The van der Waals surface area contributed by atoms with Crippen LogP contribution < -0.4 is 15.4 Å². The van der Waals surface area contributed by atoms with E-state index in [2.05, 4.69) is 31.5 Å². The Labute approximate surface area is 146 Å². The highest BCUT2D eigenvalue weighted by molar-refractivity contribution is 5.74. The predicted molar refractivity (Wildman–Crippen MR) is 92.7 cm³/mol. The summed E-state index contributed by atoms with van der Waals surface area (Å²) in [6, 6.07) is 7.85. The third-order valence-corrected chi connectivity index (χ3v) is 5.02. The first-order valence-electron chi connectivity index (χ1n) is 8.89. The van der Waals surface area contributed by atoms with Gasteiger partial charge in [0.15, 0.2) is 0 Å². The number of fused-ring (bicyclic) bond motifs is 2. The first-order chi connectivity index (χ1) is 12.2. The Hall–Kier alpha value is -2.57. The fraction of sp³-hybridized carbons (Fsp3) is 0.500. The molecular formula is C18H23N5O2. The number of rotatable bonds is 5. The van der Waals surface area contributed by atoms with Gasteiger partial charge >= 0.3 is 6.03 Å². The summed E-state index contributed by atoms with van der Waals surface area (Å²) in [5.74, 6) is 3.12. The van der Waals surface area contributed by atoms with Crippen molar-refractivity contribution in [1.29, 1.82) is 0 Å². The molecule has 132 valence electrons. The average molecular weight is 341 g/mol. The number of urea groups is 1. The van der Waals surface area contributed by atoms with Crippen LogP contribution in [-0.4, -0.2) is 40.0 Å². The Morgan fingerprint density at radius 1 is 1.40 bits per heavy atom. The molecule has 0 aliphatic carbocycles. The van der Waals surface area contributed by atoms with Gasteiger partial charge in [0.1, 0.15) is 17.4 Å². The van der Waals surface area contributed by atoms with Crippen molar-refractivity contribution in [2.24, 2.45) is 0 Å². The standard InChI is InChI=1S/C18H23N5O2/c1-12(14-11-25-15-6-3-2-5-13(14)15)20-18(24)19-9-8-17-22-21-16-7-4-10-23(16)17/h2-3,5-6,12,14H,4,7-11H2,1H3,(H2,19,20,24)/t12-,14+/m1/s1. The third-order valence-electron chi connectivity index (χ3n) is 5.02. The van der Waals surface area contributed by atoms with E-state index in [1.807, 2.05) is 25.1 Å². The minimum absolute atomic E-state index is 0.000916. The number of nitrogens with one attached hydrogen (secondary N) is 2. The van der Waals surface area contributed by atoms with Crippen molar-refractivity contribution in [2.75, 3.05) is 13.2 Å². The van der Waals surface area contributed by atoms with Gasteiger partial charge in [-0.2, -0.15) is 0 Å². The number of hydrogen-bond donors (Lipinski definition) is 2. The molecule has 2 aromatic rings. The van der Waals surface area contributed by atoms with E-state index < -0.39 is 0 Å². The smallest absolute Gasteiger partial charge is 0.315 e. The summed E-state index contributed by atoms with van der Waals surface area (Å²) in [6.07, 6.45) is 2.84. The zero-order valence-electron chi connectivity index (χ0n) is 14.4. The molecule has 25 heavy (non-hydrogen) atoms. The van der Waals surface area contributed by atoms with Crippen LogP contribution in [-0.2, 0) is 19.4 Å². The summed E-state index contributed by atoms with van der Waals surface area (Å²) in [5.41, 5.74) is 1.16. The zero-order valence-corrected chi connectivity index (χ0v) is 14.4. The van der Waals surface area contributed by atoms with E-state index in [1.165, 1.54) is 0 Å². The maximum atomic E-state index is 12.2. The number of nitrogens with zero attached hydrogens (tertiary/aromatic N) is 3. The van der Waals surface area contributed by atoms with E-state index in [0.29, 0.717) is 19.6 Å². The lowest BCUT2D eigenvalue weighted by atomic mass is 9.94. The summed E-state index contributed by atoms with van der Waals surface area (Å²) in [7, 11) is 0. The van der Waals surface area contributed by atoms with E-state index in [-0.39, 0.29) is 18.0 Å². The predicted octanol–water partition coefficient (Wildman–Crippen LogP) is 1.63. The molecule has 2 N–H and O–H groups in total. The lowest BCUT2D eigenvalue weighted by Crippen LogP contribution is -2.44. The van der Waals surface area contributed by atoms with Gasteiger partial charge < -0.3 is 19.9 Å². The molecule has 0 radical (unpaired) electrons. The normalized spacial score (nSPS) is 19.0. The van der Waals surface area contributed by atoms with E-state index in [4.69, 9.17) is 4.74 Å². The minimum atomic E-state index is -0.155. The maximum absolute atomic E-state index is 12.2. The van der Waals surface area contributed by atoms with Gasteiger partial charge in [0.05, 0.1) is 6.61 Å². The largest absolute Gasteiger partial charge is 0.493 e. The van der Waals surface area contributed by atoms with E-state index in [9.17, 15) is 4.79 Å². The molecule has 2 atom stereocenters. The number of carbonyl (C=O) groups is 1. The number of ether oxygens (including phenoxy) is 1. The molecular weight excluding hydrogens is 318 g/mol. The van der Waals surface area contributed by atoms with Crippen molar-refractivity contribution in [2.45, 2.75) is 44.7 Å². The quantitative estimate of drug-likeness (QED) is 0.866. The minimum Gasteiger partial charge on any atom is -0.493 e. The Kier molecular flexibility index (Phi) is 4.29. The number of aryl methyl sites for hydroxylation is 1. The van der Waals surface area contributed by atoms with Gasteiger partial charge in [-0.25, -0.2) is 4.79 Å². The fourth-order valence-electron chi connectivity index (χ4n) is 3.64. The molecule has 7 heteroatoms. The molecule has 7 nitrogen and oxygen atoms in total. The highest BCUT2D eigenvalue weighted by Gasteiger charge is 2.29. The van der Waals surface area contributed by atoms with Gasteiger partial charge in [0, 0.05) is 43.5 Å². The van der Waals surface area contributed by atoms with Crippen LogP contribution in [0.2, 0.25) is 0 Å². The molecule has 0 saturated carbocycles. The van der Waals surface area contributed by atoms with E-state index >= 15 is 0 Å². The summed E-state index contributed by atoms with van der Waals surface area (Å²) < 4.78 is 7.86. The zero-order chi connectivity index (χ0) is 17.2. The molecule has 1 aromatic heterocycles. The second-order valence-electron chi connectivity index (χ2n) is 6.68. The molecule has 2 aliphatic heterocycles. The molecule has 0 unspecified atom stereocenters. The van der Waals surface area contributed by atoms with Crippen molar-refractivity contribution in [3.63, 3.8) is 0 Å². The molecule has 4 rings (SSSR count). The van der Waals surface area contributed by atoms with Crippen molar-refractivity contribution in [1.82, 2.24) is 25.4 Å². The maximum Gasteiger partial charge on any atom is 0.315 e. The van der Waals surface area contributed by atoms with Crippen LogP contribution in [0.1, 0.15) is 36.5 Å². The van der Waals surface area contributed by atoms with Gasteiger partial charge in [-0.05, 0) is 19.4 Å². The summed E-state index contributed by atoms with van der Waals surface area (Å²) in [6.45, 7) is 4.16. The monoisotopic (exact) mass is 341 g/mol. The second-order valence-corrected chi connectivity index (χ2v) is 6.68. The van der Waals surface area contributed by atoms with Crippen molar-refractivity contribution in [3.05, 3.63) is 41.5 Å². The highest BCUT2D eigenvalue weighted by Crippen LogP contribution is 2.35. The number of amides is 2. The van der Waals surface area contributed by atoms with Crippen LogP contribution in [0.5, 0.6) is 5.75 Å². The van der Waals surface area contributed by atoms with Gasteiger partial charge in [0.2, 0.25) is 0 Å². The van der Waals surface area contributed by atoms with Crippen LogP contribution in [0.25, 0.3) is 0 Å². The second kappa shape index (κ2) is 6.74. The number of aromatic nitrogens is 3.